The standard InChI is InChI=1S/C43H38O4S.Ag/c48-43-38(39(44-29-33-15-5-1-6-16-33)27-28-41(43)46-31-35-19-9-3-10-20-35)25-13-23-37-24-14-26-40(45-30-34-17-7-2-8-18-34)42(37)47-32-36-21-11-4-12-22-36;/h1-24,26-28,48H,25,29-32H2;/q;+1/p-1/b23-13+;. The third kappa shape index (κ3) is 10.4. The average molecular weight is 758 g/mol. The molecule has 6 heteroatoms. The van der Waals surface area contributed by atoms with Crippen molar-refractivity contribution in [2.75, 3.05) is 0 Å². The van der Waals surface area contributed by atoms with Crippen molar-refractivity contribution >= 4 is 18.7 Å². The van der Waals surface area contributed by atoms with E-state index in [1.54, 1.807) is 0 Å². The van der Waals surface area contributed by atoms with Gasteiger partial charge >= 0.3 is 22.4 Å². The van der Waals surface area contributed by atoms with Gasteiger partial charge in [0, 0.05) is 5.56 Å². The molecule has 0 unspecified atom stereocenters. The first-order valence-corrected chi connectivity index (χ1v) is 16.4. The molecule has 0 saturated carbocycles. The maximum atomic E-state index is 6.43. The smallest absolute Gasteiger partial charge is 0.776 e. The molecule has 0 saturated heterocycles. The van der Waals surface area contributed by atoms with E-state index in [4.69, 9.17) is 31.6 Å². The van der Waals surface area contributed by atoms with Gasteiger partial charge in [0.25, 0.3) is 0 Å². The van der Waals surface area contributed by atoms with Crippen LogP contribution >= 0.6 is 0 Å². The SMILES string of the molecule is [Ag+].[S-]c1c(OCc2ccccc2)ccc(OCc2ccccc2)c1C/C=C/c1cccc(OCc2ccccc2)c1OCc1ccccc1. The van der Waals surface area contributed by atoms with Gasteiger partial charge in [0.2, 0.25) is 0 Å². The fourth-order valence-electron chi connectivity index (χ4n) is 5.20. The molecular weight excluding hydrogens is 720 g/mol. The first-order valence-electron chi connectivity index (χ1n) is 16.0. The Balaban J connectivity index is 0.00000468. The van der Waals surface area contributed by atoms with Crippen molar-refractivity contribution in [2.24, 2.45) is 0 Å². The zero-order chi connectivity index (χ0) is 32.8. The summed E-state index contributed by atoms with van der Waals surface area (Å²) in [5.41, 5.74) is 6.13. The van der Waals surface area contributed by atoms with E-state index in [1.165, 1.54) is 0 Å². The Labute approximate surface area is 310 Å². The molecule has 0 aromatic heterocycles. The van der Waals surface area contributed by atoms with Crippen molar-refractivity contribution in [3.63, 3.8) is 0 Å². The number of allylic oxidation sites excluding steroid dienone is 1. The van der Waals surface area contributed by atoms with Crippen LogP contribution in [0.2, 0.25) is 0 Å². The van der Waals surface area contributed by atoms with Crippen LogP contribution in [0.5, 0.6) is 23.0 Å². The normalized spacial score (nSPS) is 10.7. The van der Waals surface area contributed by atoms with Gasteiger partial charge in [-0.25, -0.2) is 0 Å². The van der Waals surface area contributed by atoms with E-state index in [-0.39, 0.29) is 22.4 Å². The number of hydrogen-bond donors (Lipinski definition) is 0. The molecule has 0 N–H and O–H groups in total. The number of rotatable bonds is 15. The molecule has 6 aromatic rings. The fraction of sp³-hybridized carbons (Fsp3) is 0.116. The second kappa shape index (κ2) is 18.7. The van der Waals surface area contributed by atoms with Crippen LogP contribution in [0, 0.1) is 0 Å². The van der Waals surface area contributed by atoms with E-state index in [2.05, 4.69) is 48.6 Å². The van der Waals surface area contributed by atoms with Gasteiger partial charge in [0.15, 0.2) is 11.5 Å². The zero-order valence-electron chi connectivity index (χ0n) is 27.0. The average Bonchev–Trinajstić information content (AvgIpc) is 3.14. The summed E-state index contributed by atoms with van der Waals surface area (Å²) in [6, 6.07) is 50.3. The van der Waals surface area contributed by atoms with Crippen molar-refractivity contribution in [2.45, 2.75) is 37.7 Å². The van der Waals surface area contributed by atoms with Gasteiger partial charge in [0.1, 0.15) is 37.9 Å². The summed E-state index contributed by atoms with van der Waals surface area (Å²) in [5, 5.41) is 0. The minimum Gasteiger partial charge on any atom is -0.776 e. The second-order valence-electron chi connectivity index (χ2n) is 11.2. The van der Waals surface area contributed by atoms with Gasteiger partial charge in [-0.05, 0) is 52.4 Å². The van der Waals surface area contributed by atoms with E-state index in [0.29, 0.717) is 55.0 Å². The number of benzene rings is 6. The van der Waals surface area contributed by atoms with Crippen LogP contribution in [-0.2, 0) is 67.9 Å². The van der Waals surface area contributed by atoms with E-state index in [1.807, 2.05) is 115 Å². The Kier molecular flexibility index (Phi) is 13.5. The van der Waals surface area contributed by atoms with Gasteiger partial charge in [-0.2, -0.15) is 0 Å². The molecular formula is C43H37AgO4S. The topological polar surface area (TPSA) is 36.9 Å². The van der Waals surface area contributed by atoms with Crippen molar-refractivity contribution < 1.29 is 41.3 Å². The third-order valence-corrected chi connectivity index (χ3v) is 8.20. The first-order chi connectivity index (χ1) is 23.7. The van der Waals surface area contributed by atoms with Gasteiger partial charge in [-0.3, -0.25) is 0 Å². The molecule has 4 nitrogen and oxygen atoms in total. The molecule has 0 fully saturated rings. The van der Waals surface area contributed by atoms with Crippen LogP contribution < -0.4 is 18.9 Å². The summed E-state index contributed by atoms with van der Waals surface area (Å²) in [4.78, 5) is 0.640. The van der Waals surface area contributed by atoms with Crippen LogP contribution in [0.4, 0.5) is 0 Å². The van der Waals surface area contributed by atoms with Crippen molar-refractivity contribution in [1.82, 2.24) is 0 Å². The van der Waals surface area contributed by atoms with Crippen molar-refractivity contribution in [1.29, 1.82) is 0 Å². The summed E-state index contributed by atoms with van der Waals surface area (Å²) in [6.45, 7) is 1.73. The Morgan fingerprint density at radius 3 is 1.37 bits per heavy atom. The fourth-order valence-corrected chi connectivity index (χ4v) is 5.51. The van der Waals surface area contributed by atoms with Crippen LogP contribution in [-0.4, -0.2) is 0 Å². The molecule has 0 aliphatic carbocycles. The maximum Gasteiger partial charge on any atom is 1.00 e. The largest absolute Gasteiger partial charge is 1.00 e. The van der Waals surface area contributed by atoms with Gasteiger partial charge in [-0.15, -0.1) is 4.90 Å². The molecule has 0 spiro atoms. The van der Waals surface area contributed by atoms with E-state index in [0.717, 1.165) is 39.1 Å². The quantitative estimate of drug-likeness (QED) is 0.0771. The summed E-state index contributed by atoms with van der Waals surface area (Å²) in [7, 11) is 0. The van der Waals surface area contributed by atoms with Gasteiger partial charge in [-0.1, -0.05) is 146 Å². The second-order valence-corrected chi connectivity index (χ2v) is 11.7. The molecule has 6 rings (SSSR count). The molecule has 0 bridgehead atoms. The minimum absolute atomic E-state index is 0. The Morgan fingerprint density at radius 2 is 0.857 bits per heavy atom. The predicted octanol–water partition coefficient (Wildman–Crippen LogP) is 10.2. The molecule has 0 atom stereocenters. The molecule has 0 heterocycles. The first kappa shape index (κ1) is 35.5. The monoisotopic (exact) mass is 756 g/mol. The molecule has 0 amide bonds. The number of ether oxygens (including phenoxy) is 4. The summed E-state index contributed by atoms with van der Waals surface area (Å²) in [5.74, 6) is 2.77. The van der Waals surface area contributed by atoms with E-state index < -0.39 is 0 Å². The molecule has 49 heavy (non-hydrogen) atoms. The molecule has 0 radical (unpaired) electrons. The zero-order valence-corrected chi connectivity index (χ0v) is 29.3. The number of para-hydroxylation sites is 1. The Morgan fingerprint density at radius 1 is 0.429 bits per heavy atom. The van der Waals surface area contributed by atoms with Gasteiger partial charge in [0.05, 0.1) is 0 Å². The predicted molar refractivity (Wildman–Crippen MR) is 194 cm³/mol. The summed E-state index contributed by atoms with van der Waals surface area (Å²) < 4.78 is 25.3. The van der Waals surface area contributed by atoms with E-state index >= 15 is 0 Å². The molecule has 6 aromatic carbocycles. The Hall–Kier alpha value is -4.78. The third-order valence-electron chi connectivity index (χ3n) is 7.75. The van der Waals surface area contributed by atoms with Gasteiger partial charge < -0.3 is 31.6 Å². The van der Waals surface area contributed by atoms with E-state index in [9.17, 15) is 0 Å². The molecule has 0 aliphatic heterocycles. The Bertz CT molecular complexity index is 1900. The molecule has 0 aliphatic rings. The van der Waals surface area contributed by atoms with Crippen LogP contribution in [0.1, 0.15) is 33.4 Å². The van der Waals surface area contributed by atoms with Crippen LogP contribution in [0.3, 0.4) is 0 Å². The van der Waals surface area contributed by atoms with Crippen LogP contribution in [0.15, 0.2) is 163 Å². The molecule has 250 valence electrons. The van der Waals surface area contributed by atoms with Crippen molar-refractivity contribution in [3.05, 3.63) is 191 Å². The van der Waals surface area contributed by atoms with Crippen molar-refractivity contribution in [3.8, 4) is 23.0 Å². The summed E-state index contributed by atoms with van der Waals surface area (Å²) in [6.07, 6.45) is 4.69. The van der Waals surface area contributed by atoms with Crippen LogP contribution in [0.25, 0.3) is 6.08 Å². The minimum atomic E-state index is 0. The summed E-state index contributed by atoms with van der Waals surface area (Å²) >= 11 is 6.00. The number of hydrogen-bond acceptors (Lipinski definition) is 5. The maximum absolute atomic E-state index is 6.43.